The summed E-state index contributed by atoms with van der Waals surface area (Å²) < 4.78 is 38.3. The first-order chi connectivity index (χ1) is 41.9. The van der Waals surface area contributed by atoms with Crippen LogP contribution in [0.4, 0.5) is 8.78 Å². The van der Waals surface area contributed by atoms with Gasteiger partial charge in [-0.3, -0.25) is 9.97 Å². The van der Waals surface area contributed by atoms with Crippen LogP contribution in [-0.2, 0) is 165 Å². The maximum atomic E-state index is 13.9. The topological polar surface area (TPSA) is 140 Å². The Balaban J connectivity index is 0.000000142. The minimum Gasteiger partial charge on any atom is -0.394 e. The summed E-state index contributed by atoms with van der Waals surface area (Å²) in [6, 6.07) is 43.6. The Bertz CT molecular complexity index is 4530. The summed E-state index contributed by atoms with van der Waals surface area (Å²) in [5.74, 6) is -2.93. The molecule has 93 heavy (non-hydrogen) atoms. The summed E-state index contributed by atoms with van der Waals surface area (Å²) in [6.07, 6.45) is 24.6. The average molecular weight is 2330 g/mol. The maximum Gasteiger partial charge on any atom is 0.260 e. The first-order valence-electron chi connectivity index (χ1n) is 28.5. The van der Waals surface area contributed by atoms with Gasteiger partial charge in [-0.15, -0.1) is 112 Å². The van der Waals surface area contributed by atoms with Gasteiger partial charge in [0.2, 0.25) is 0 Å². The molecule has 0 atom stereocenters. The number of hydrogen-bond donors (Lipinski definition) is 0. The molecule has 3 aliphatic carbocycles. The number of benzene rings is 3. The van der Waals surface area contributed by atoms with Gasteiger partial charge in [0.25, 0.3) is 5.92 Å². The van der Waals surface area contributed by atoms with Crippen LogP contribution in [0.3, 0.4) is 0 Å². The van der Waals surface area contributed by atoms with E-state index in [4.69, 9.17) is 0 Å². The molecule has 13 aromatic rings. The van der Waals surface area contributed by atoms with Crippen molar-refractivity contribution in [1.29, 1.82) is 0 Å². The minimum atomic E-state index is -2.93. The normalized spacial score (nSPS) is 14.7. The number of thiazole rings is 1. The predicted molar refractivity (Wildman–Crippen MR) is 329 cm³/mol. The molecule has 23 heteroatoms. The molecule has 489 valence electrons. The van der Waals surface area contributed by atoms with E-state index in [9.17, 15) is 8.78 Å². The Labute approximate surface area is 626 Å². The van der Waals surface area contributed by atoms with Gasteiger partial charge in [0.1, 0.15) is 5.65 Å². The Kier molecular flexibility index (Phi) is 22.0. The van der Waals surface area contributed by atoms with E-state index in [-0.39, 0.29) is 157 Å². The van der Waals surface area contributed by atoms with Crippen LogP contribution in [0.2, 0.25) is 0 Å². The fourth-order valence-electron chi connectivity index (χ4n) is 13.0. The van der Waals surface area contributed by atoms with Crippen molar-refractivity contribution in [1.82, 2.24) is 67.5 Å². The number of pyridine rings is 4. The van der Waals surface area contributed by atoms with Crippen molar-refractivity contribution in [3.05, 3.63) is 251 Å². The first kappa shape index (κ1) is 73.0. The standard InChI is InChI=1S/C14H12N.C13H11N4.C12H6F2N.C12H8N.C10H11N4.C9H8N3S.3Ir.3Pt/c1-14(2)11-7-4-3-6-10(11)13-12(14)8-5-9-15-13;1-13(2)12-11(9-7-14-8-17(9)13)15-10-5-3-4-6-16(10)12;13-12(14)9-5-2-1-4-8(9)11-10(12)6-3-7-15-11;1-2-6-11-9(4-1)8-10-5-3-7-13-12(10)11;1-10(2)9-8(12-6-13(9)3)7-4-11-5-14(7)10;1-9(2)8-7(11-5-13-8)6-3-10-4-12(6)9;;;;;;/h3-5,7-9H,1-2H3;3-6,8H,1-2H3;1-3,5-7H;1-5,7H,8H2;5-6H,1-3H3;4-5H,1-2H3;;;;;;/q6*-1;;;;;;. The van der Waals surface area contributed by atoms with E-state index in [0.717, 1.165) is 63.2 Å². The molecular formula is C70H56F2Ir3N14Pt3S-6. The van der Waals surface area contributed by atoms with Gasteiger partial charge in [0, 0.05) is 194 Å². The van der Waals surface area contributed by atoms with Crippen molar-refractivity contribution in [2.24, 2.45) is 7.05 Å². The molecule has 0 amide bonds. The fraction of sp³-hybridized carbons (Fsp3) is 0.214. The van der Waals surface area contributed by atoms with Crippen molar-refractivity contribution in [3.8, 4) is 67.9 Å². The summed E-state index contributed by atoms with van der Waals surface area (Å²) in [4.78, 5) is 39.7. The van der Waals surface area contributed by atoms with E-state index in [1.54, 1.807) is 23.5 Å². The first-order valence-corrected chi connectivity index (χ1v) is 29.3. The molecule has 0 spiro atoms. The molecule has 19 rings (SSSR count). The van der Waals surface area contributed by atoms with Crippen LogP contribution >= 0.6 is 11.3 Å². The molecule has 3 aromatic carbocycles. The Morgan fingerprint density at radius 3 is 1.62 bits per heavy atom. The van der Waals surface area contributed by atoms with Gasteiger partial charge < -0.3 is 57.6 Å². The van der Waals surface area contributed by atoms with Crippen molar-refractivity contribution < 1.29 is 132 Å². The fourth-order valence-corrected chi connectivity index (χ4v) is 13.9. The van der Waals surface area contributed by atoms with Crippen LogP contribution in [0.5, 0.6) is 0 Å². The van der Waals surface area contributed by atoms with Gasteiger partial charge in [-0.1, -0.05) is 73.4 Å². The number of halogens is 2. The van der Waals surface area contributed by atoms with Gasteiger partial charge in [-0.2, -0.15) is 0 Å². The van der Waals surface area contributed by atoms with Crippen LogP contribution in [0.25, 0.3) is 73.6 Å². The zero-order valence-electron chi connectivity index (χ0n) is 51.2. The van der Waals surface area contributed by atoms with Gasteiger partial charge in [0.15, 0.2) is 0 Å². The van der Waals surface area contributed by atoms with Crippen LogP contribution in [0.1, 0.15) is 105 Å². The Hall–Kier alpha value is -5.86. The smallest absolute Gasteiger partial charge is 0.260 e. The van der Waals surface area contributed by atoms with Crippen LogP contribution in [0.15, 0.2) is 165 Å². The molecule has 10 aromatic heterocycles. The molecule has 13 heterocycles. The number of hydrogen-bond acceptors (Lipinski definition) is 10. The second kappa shape index (κ2) is 28.1. The van der Waals surface area contributed by atoms with Crippen molar-refractivity contribution in [2.45, 2.75) is 89.8 Å². The van der Waals surface area contributed by atoms with Crippen molar-refractivity contribution in [2.75, 3.05) is 0 Å². The van der Waals surface area contributed by atoms with Gasteiger partial charge in [-0.25, -0.2) is 8.78 Å². The second-order valence-electron chi connectivity index (χ2n) is 23.9. The van der Waals surface area contributed by atoms with E-state index < -0.39 is 5.92 Å². The maximum absolute atomic E-state index is 13.9. The zero-order valence-corrected chi connectivity index (χ0v) is 66.0. The van der Waals surface area contributed by atoms with E-state index >= 15 is 0 Å². The summed E-state index contributed by atoms with van der Waals surface area (Å²) in [6.45, 7) is 17.5. The van der Waals surface area contributed by atoms with Crippen LogP contribution in [-0.4, -0.2) is 67.5 Å². The van der Waals surface area contributed by atoms with E-state index in [0.29, 0.717) is 11.3 Å². The van der Waals surface area contributed by atoms with Crippen LogP contribution < -0.4 is 0 Å². The molecule has 14 nitrogen and oxygen atoms in total. The average Bonchev–Trinajstić information content (AvgIpc) is 1.57. The SMILES string of the molecule is CC1(C)c2c(nc3ccccn23)-c2[c-]ncn21.CC1(C)c2ccc[c-]c2-c2ncccc21.CC1(C)c2scnc2-c2[c-]ncn21.Cn1cnc2c1C(C)(C)n1cn[c-]c1-2.FC1(F)c2ccc[c-]c2-c2ncccc21.[Ir].[Ir].[Ir].[Pt].[Pt].[Pt].[c-]1cccc2c1-c1ncccc1C2. The van der Waals surface area contributed by atoms with E-state index in [1.165, 1.54) is 68.5 Å². The number of nitrogens with zero attached hydrogens (tertiary/aromatic N) is 14. The third kappa shape index (κ3) is 12.1. The largest absolute Gasteiger partial charge is 0.394 e. The predicted octanol–water partition coefficient (Wildman–Crippen LogP) is 13.8. The molecule has 0 bridgehead atoms. The third-order valence-corrected chi connectivity index (χ3v) is 18.4. The number of rotatable bonds is 0. The summed E-state index contributed by atoms with van der Waals surface area (Å²) in [5, 5.41) is 0. The number of aromatic nitrogens is 14. The van der Waals surface area contributed by atoms with E-state index in [2.05, 4.69) is 190 Å². The monoisotopic (exact) mass is 2330 g/mol. The quantitative estimate of drug-likeness (QED) is 0.136. The number of aryl methyl sites for hydroxylation is 1. The van der Waals surface area contributed by atoms with Crippen LogP contribution in [0, 0.1) is 36.8 Å². The number of imidazole rings is 5. The van der Waals surface area contributed by atoms with Gasteiger partial charge in [-0.05, 0) is 137 Å². The summed E-state index contributed by atoms with van der Waals surface area (Å²) >= 11 is 1.70. The molecule has 0 N–H and O–H groups in total. The molecule has 3 radical (unpaired) electrons. The molecule has 0 saturated heterocycles. The molecule has 0 fully saturated rings. The Morgan fingerprint density at radius 1 is 0.462 bits per heavy atom. The second-order valence-corrected chi connectivity index (χ2v) is 24.8. The Morgan fingerprint density at radius 2 is 0.968 bits per heavy atom. The molecule has 0 saturated carbocycles. The molecular weight excluding hydrogens is 2270 g/mol. The third-order valence-electron chi connectivity index (χ3n) is 17.3. The van der Waals surface area contributed by atoms with Gasteiger partial charge >= 0.3 is 0 Å². The molecule has 0 unspecified atom stereocenters. The zero-order chi connectivity index (χ0) is 60.2. The molecule has 3 aliphatic heterocycles. The van der Waals surface area contributed by atoms with Gasteiger partial charge in [0.05, 0.1) is 28.5 Å². The van der Waals surface area contributed by atoms with Crippen molar-refractivity contribution in [3.63, 3.8) is 0 Å². The molecule has 6 aliphatic rings. The van der Waals surface area contributed by atoms with E-state index in [1.807, 2.05) is 105 Å². The van der Waals surface area contributed by atoms with Crippen molar-refractivity contribution >= 4 is 17.0 Å². The minimum absolute atomic E-state index is 0. The summed E-state index contributed by atoms with van der Waals surface area (Å²) in [5.41, 5.74) is 21.8. The number of alkyl halides is 2. The number of fused-ring (bicyclic) bond motifs is 20. The summed E-state index contributed by atoms with van der Waals surface area (Å²) in [7, 11) is 2.02.